The first-order valence-electron chi connectivity index (χ1n) is 16.2. The van der Waals surface area contributed by atoms with Gasteiger partial charge in [-0.2, -0.15) is 4.98 Å². The molecule has 4 heteroatoms. The third-order valence-corrected chi connectivity index (χ3v) is 9.45. The summed E-state index contributed by atoms with van der Waals surface area (Å²) in [5.74, 6) is 0.578. The van der Waals surface area contributed by atoms with E-state index < -0.39 is 0 Å². The largest absolute Gasteiger partial charge is 0.437 e. The van der Waals surface area contributed by atoms with Crippen LogP contribution in [0.2, 0.25) is 0 Å². The molecule has 10 rings (SSSR count). The van der Waals surface area contributed by atoms with E-state index in [9.17, 15) is 0 Å². The standard InChI is InChI=1S/C44H27N3O/c1-2-13-28(14-3-1)30-17-10-18-31(27-30)32-22-11-15-29-16-12-23-36(40(29)32)42-41-35-21-6-9-26-39(35)48-43(41)46-44(45-42)47-37-24-7-4-19-33(37)34-20-5-8-25-38(34)47/h1-27H. The monoisotopic (exact) mass is 613 g/mol. The summed E-state index contributed by atoms with van der Waals surface area (Å²) >= 11 is 0. The van der Waals surface area contributed by atoms with E-state index in [-0.39, 0.29) is 0 Å². The first-order chi connectivity index (χ1) is 23.8. The van der Waals surface area contributed by atoms with Gasteiger partial charge >= 0.3 is 0 Å². The molecule has 224 valence electrons. The molecule has 0 aliphatic rings. The zero-order chi connectivity index (χ0) is 31.6. The first-order valence-corrected chi connectivity index (χ1v) is 16.2. The molecule has 7 aromatic carbocycles. The molecule has 0 bridgehead atoms. The predicted octanol–water partition coefficient (Wildman–Crippen LogP) is 11.6. The Balaban J connectivity index is 1.30. The van der Waals surface area contributed by atoms with Crippen molar-refractivity contribution in [3.05, 3.63) is 164 Å². The lowest BCUT2D eigenvalue weighted by Crippen LogP contribution is -2.03. The van der Waals surface area contributed by atoms with Gasteiger partial charge in [-0.25, -0.2) is 4.98 Å². The molecule has 0 N–H and O–H groups in total. The number of hydrogen-bond donors (Lipinski definition) is 0. The Morgan fingerprint density at radius 2 is 1.04 bits per heavy atom. The van der Waals surface area contributed by atoms with Crippen LogP contribution in [0.25, 0.3) is 94.1 Å². The van der Waals surface area contributed by atoms with Crippen LogP contribution in [-0.4, -0.2) is 14.5 Å². The maximum Gasteiger partial charge on any atom is 0.238 e. The molecule has 10 aromatic rings. The molecule has 3 heterocycles. The number of hydrogen-bond acceptors (Lipinski definition) is 3. The fourth-order valence-corrected chi connectivity index (χ4v) is 7.32. The van der Waals surface area contributed by atoms with Gasteiger partial charge in [-0.3, -0.25) is 4.57 Å². The highest BCUT2D eigenvalue weighted by Gasteiger charge is 2.22. The summed E-state index contributed by atoms with van der Waals surface area (Å²) in [6.45, 7) is 0. The second-order valence-corrected chi connectivity index (χ2v) is 12.2. The Kier molecular flexibility index (Phi) is 5.84. The van der Waals surface area contributed by atoms with Crippen LogP contribution in [-0.2, 0) is 0 Å². The Labute approximate surface area is 276 Å². The van der Waals surface area contributed by atoms with Gasteiger partial charge in [0.15, 0.2) is 0 Å². The Bertz CT molecular complexity index is 2790. The number of benzene rings is 7. The molecule has 0 unspecified atom stereocenters. The molecule has 0 atom stereocenters. The van der Waals surface area contributed by atoms with Gasteiger partial charge < -0.3 is 4.42 Å². The van der Waals surface area contributed by atoms with Crippen LogP contribution < -0.4 is 0 Å². The minimum Gasteiger partial charge on any atom is -0.437 e. The van der Waals surface area contributed by atoms with Crippen molar-refractivity contribution in [3.8, 4) is 39.5 Å². The topological polar surface area (TPSA) is 43.9 Å². The molecule has 0 spiro atoms. The lowest BCUT2D eigenvalue weighted by Gasteiger charge is -2.15. The molecule has 0 radical (unpaired) electrons. The fourth-order valence-electron chi connectivity index (χ4n) is 7.32. The summed E-state index contributed by atoms with van der Waals surface area (Å²) in [6.07, 6.45) is 0. The van der Waals surface area contributed by atoms with E-state index in [1.54, 1.807) is 0 Å². The zero-order valence-corrected chi connectivity index (χ0v) is 25.8. The maximum atomic E-state index is 6.50. The molecule has 48 heavy (non-hydrogen) atoms. The van der Waals surface area contributed by atoms with Crippen molar-refractivity contribution in [2.24, 2.45) is 0 Å². The molecule has 0 fully saturated rings. The molecule has 0 aliphatic carbocycles. The molecule has 4 nitrogen and oxygen atoms in total. The van der Waals surface area contributed by atoms with E-state index in [1.165, 1.54) is 11.1 Å². The lowest BCUT2D eigenvalue weighted by molar-refractivity contribution is 0.651. The van der Waals surface area contributed by atoms with Crippen LogP contribution in [0.1, 0.15) is 0 Å². The van der Waals surface area contributed by atoms with Crippen molar-refractivity contribution in [2.75, 3.05) is 0 Å². The summed E-state index contributed by atoms with van der Waals surface area (Å²) < 4.78 is 8.67. The summed E-state index contributed by atoms with van der Waals surface area (Å²) in [6, 6.07) is 57.4. The summed E-state index contributed by atoms with van der Waals surface area (Å²) in [5, 5.41) is 6.52. The minimum atomic E-state index is 0.568. The lowest BCUT2D eigenvalue weighted by atomic mass is 9.91. The van der Waals surface area contributed by atoms with Gasteiger partial charge in [-0.15, -0.1) is 0 Å². The van der Waals surface area contributed by atoms with Crippen molar-refractivity contribution in [1.82, 2.24) is 14.5 Å². The second kappa shape index (κ2) is 10.5. The molecule has 0 saturated carbocycles. The molecular formula is C44H27N3O. The van der Waals surface area contributed by atoms with E-state index >= 15 is 0 Å². The van der Waals surface area contributed by atoms with E-state index in [4.69, 9.17) is 14.4 Å². The van der Waals surface area contributed by atoms with E-state index in [0.29, 0.717) is 11.7 Å². The molecular weight excluding hydrogens is 587 g/mol. The quantitative estimate of drug-likeness (QED) is 0.198. The molecule has 0 saturated heterocycles. The molecule has 3 aromatic heterocycles. The summed E-state index contributed by atoms with van der Waals surface area (Å²) in [4.78, 5) is 10.6. The molecule has 0 aliphatic heterocycles. The zero-order valence-electron chi connectivity index (χ0n) is 25.8. The van der Waals surface area contributed by atoms with Gasteiger partial charge in [-0.1, -0.05) is 140 Å². The van der Waals surface area contributed by atoms with Crippen molar-refractivity contribution in [3.63, 3.8) is 0 Å². The van der Waals surface area contributed by atoms with Gasteiger partial charge in [0.25, 0.3) is 0 Å². The van der Waals surface area contributed by atoms with Gasteiger partial charge in [0.1, 0.15) is 5.58 Å². The predicted molar refractivity (Wildman–Crippen MR) is 197 cm³/mol. The second-order valence-electron chi connectivity index (χ2n) is 12.2. The van der Waals surface area contributed by atoms with E-state index in [1.807, 2.05) is 18.2 Å². The SMILES string of the molecule is c1ccc(-c2cccc(-c3cccc4cccc(-c5nc(-n6c7ccccc7c7ccccc76)nc6oc7ccccc7c56)c34)c2)cc1. The maximum absolute atomic E-state index is 6.50. The van der Waals surface area contributed by atoms with Crippen molar-refractivity contribution in [2.45, 2.75) is 0 Å². The third-order valence-electron chi connectivity index (χ3n) is 9.45. The number of rotatable bonds is 4. The fraction of sp³-hybridized carbons (Fsp3) is 0. The van der Waals surface area contributed by atoms with Crippen LogP contribution in [0, 0.1) is 0 Å². The number of fused-ring (bicyclic) bond motifs is 7. The average Bonchev–Trinajstić information content (AvgIpc) is 3.70. The van der Waals surface area contributed by atoms with Crippen molar-refractivity contribution < 1.29 is 4.42 Å². The third kappa shape index (κ3) is 4.03. The summed E-state index contributed by atoms with van der Waals surface area (Å²) in [7, 11) is 0. The van der Waals surface area contributed by atoms with Crippen LogP contribution >= 0.6 is 0 Å². The number of nitrogens with zero attached hydrogens (tertiary/aromatic N) is 3. The smallest absolute Gasteiger partial charge is 0.238 e. The van der Waals surface area contributed by atoms with E-state index in [2.05, 4.69) is 150 Å². The Hall–Kier alpha value is -6.52. The highest BCUT2D eigenvalue weighted by molar-refractivity contribution is 6.16. The first kappa shape index (κ1) is 26.7. The number of para-hydroxylation sites is 3. The number of aromatic nitrogens is 3. The minimum absolute atomic E-state index is 0.568. The van der Waals surface area contributed by atoms with Gasteiger partial charge in [-0.05, 0) is 57.3 Å². The Morgan fingerprint density at radius 1 is 0.438 bits per heavy atom. The van der Waals surface area contributed by atoms with Crippen LogP contribution in [0.5, 0.6) is 0 Å². The number of furan rings is 1. The highest BCUT2D eigenvalue weighted by atomic mass is 16.3. The van der Waals surface area contributed by atoms with E-state index in [0.717, 1.165) is 71.3 Å². The van der Waals surface area contributed by atoms with Gasteiger partial charge in [0, 0.05) is 21.7 Å². The summed E-state index contributed by atoms with van der Waals surface area (Å²) in [5.41, 5.74) is 10.0. The highest BCUT2D eigenvalue weighted by Crippen LogP contribution is 2.42. The van der Waals surface area contributed by atoms with Crippen LogP contribution in [0.15, 0.2) is 168 Å². The molecule has 0 amide bonds. The van der Waals surface area contributed by atoms with Crippen LogP contribution in [0.3, 0.4) is 0 Å². The van der Waals surface area contributed by atoms with Crippen LogP contribution in [0.4, 0.5) is 0 Å². The van der Waals surface area contributed by atoms with Gasteiger partial charge in [0.05, 0.1) is 22.1 Å². The van der Waals surface area contributed by atoms with Gasteiger partial charge in [0.2, 0.25) is 11.7 Å². The normalized spacial score (nSPS) is 11.8. The Morgan fingerprint density at radius 3 is 1.81 bits per heavy atom. The average molecular weight is 614 g/mol. The van der Waals surface area contributed by atoms with Crippen molar-refractivity contribution >= 4 is 54.6 Å². The van der Waals surface area contributed by atoms with Crippen molar-refractivity contribution in [1.29, 1.82) is 0 Å².